The van der Waals surface area contributed by atoms with Crippen LogP contribution >= 0.6 is 0 Å². The van der Waals surface area contributed by atoms with Crippen molar-refractivity contribution in [1.82, 2.24) is 5.32 Å². The third-order valence-corrected chi connectivity index (χ3v) is 3.44. The molecule has 124 valence electrons. The van der Waals surface area contributed by atoms with Crippen LogP contribution in [0.3, 0.4) is 0 Å². The number of urea groups is 1. The van der Waals surface area contributed by atoms with E-state index in [4.69, 9.17) is 0 Å². The van der Waals surface area contributed by atoms with Crippen molar-refractivity contribution in [2.75, 3.05) is 11.9 Å². The molecule has 0 aliphatic carbocycles. The quantitative estimate of drug-likeness (QED) is 0.780. The first kappa shape index (κ1) is 18.3. The molecule has 0 saturated carbocycles. The van der Waals surface area contributed by atoms with Crippen LogP contribution in [0.15, 0.2) is 24.3 Å². The predicted molar refractivity (Wildman–Crippen MR) is 78.7 cm³/mol. The Bertz CT molecular complexity index is 514. The number of carbonyl (C=O) groups excluding carboxylic acids is 1. The lowest BCUT2D eigenvalue weighted by molar-refractivity contribution is -0.127. The summed E-state index contributed by atoms with van der Waals surface area (Å²) >= 11 is 0. The molecule has 1 unspecified atom stereocenters. The van der Waals surface area contributed by atoms with Crippen molar-refractivity contribution < 1.29 is 23.1 Å². The number of hydrogen-bond acceptors (Lipinski definition) is 2. The first-order valence-electron chi connectivity index (χ1n) is 6.92. The molecule has 0 spiro atoms. The summed E-state index contributed by atoms with van der Waals surface area (Å²) in [7, 11) is 0. The number of amides is 2. The topological polar surface area (TPSA) is 61.4 Å². The van der Waals surface area contributed by atoms with Crippen LogP contribution in [0.2, 0.25) is 0 Å². The van der Waals surface area contributed by atoms with Crippen molar-refractivity contribution in [2.24, 2.45) is 5.92 Å². The Balaban J connectivity index is 2.60. The molecule has 1 aromatic carbocycles. The first-order chi connectivity index (χ1) is 9.99. The van der Waals surface area contributed by atoms with Crippen molar-refractivity contribution in [3.05, 3.63) is 29.8 Å². The number of carbonyl (C=O) groups is 1. The van der Waals surface area contributed by atoms with Crippen molar-refractivity contribution >= 4 is 11.7 Å². The molecule has 1 atom stereocenters. The highest BCUT2D eigenvalue weighted by Crippen LogP contribution is 2.23. The van der Waals surface area contributed by atoms with E-state index in [0.29, 0.717) is 0 Å². The third kappa shape index (κ3) is 6.34. The van der Waals surface area contributed by atoms with E-state index in [2.05, 4.69) is 10.6 Å². The Labute approximate surface area is 127 Å². The van der Waals surface area contributed by atoms with Crippen molar-refractivity contribution in [1.29, 1.82) is 0 Å². The number of nitrogens with one attached hydrogen (secondary N) is 2. The SMILES string of the molecule is CC(C)C(C)(O)CNC(=O)Nc1cccc(CC(F)(F)F)c1. The summed E-state index contributed by atoms with van der Waals surface area (Å²) in [6.07, 6.45) is -5.34. The molecule has 0 fully saturated rings. The number of benzene rings is 1. The number of hydrogen-bond donors (Lipinski definition) is 3. The fourth-order valence-electron chi connectivity index (χ4n) is 1.63. The summed E-state index contributed by atoms with van der Waals surface area (Å²) in [5.74, 6) is -0.0529. The fraction of sp³-hybridized carbons (Fsp3) is 0.533. The Morgan fingerprint density at radius 1 is 1.32 bits per heavy atom. The molecule has 0 bridgehead atoms. The smallest absolute Gasteiger partial charge is 0.388 e. The summed E-state index contributed by atoms with van der Waals surface area (Å²) in [6, 6.07) is 4.99. The Hall–Kier alpha value is -1.76. The van der Waals surface area contributed by atoms with E-state index in [1.165, 1.54) is 24.3 Å². The van der Waals surface area contributed by atoms with Gasteiger partial charge in [0.05, 0.1) is 12.0 Å². The zero-order chi connectivity index (χ0) is 17.0. The molecular formula is C15H21F3N2O2. The van der Waals surface area contributed by atoms with Crippen LogP contribution in [-0.4, -0.2) is 29.5 Å². The van der Waals surface area contributed by atoms with Gasteiger partial charge in [0.2, 0.25) is 0 Å². The minimum Gasteiger partial charge on any atom is -0.388 e. The van der Waals surface area contributed by atoms with E-state index in [9.17, 15) is 23.1 Å². The molecule has 0 aliphatic rings. The molecule has 0 heterocycles. The standard InChI is InChI=1S/C15H21F3N2O2/c1-10(2)14(3,22)9-19-13(21)20-12-6-4-5-11(7-12)8-15(16,17)18/h4-7,10,22H,8-9H2,1-3H3,(H2,19,20,21). The Kier molecular flexibility index (Phi) is 5.82. The van der Waals surface area contributed by atoms with Crippen LogP contribution in [0.1, 0.15) is 26.3 Å². The molecule has 3 N–H and O–H groups in total. The van der Waals surface area contributed by atoms with E-state index < -0.39 is 24.2 Å². The van der Waals surface area contributed by atoms with Gasteiger partial charge in [-0.2, -0.15) is 13.2 Å². The van der Waals surface area contributed by atoms with E-state index in [-0.39, 0.29) is 23.7 Å². The maximum absolute atomic E-state index is 12.3. The van der Waals surface area contributed by atoms with Crippen molar-refractivity contribution in [2.45, 2.75) is 39.0 Å². The zero-order valence-corrected chi connectivity index (χ0v) is 12.8. The fourth-order valence-corrected chi connectivity index (χ4v) is 1.63. The highest BCUT2D eigenvalue weighted by molar-refractivity contribution is 5.89. The van der Waals surface area contributed by atoms with E-state index >= 15 is 0 Å². The van der Waals surface area contributed by atoms with Crippen LogP contribution in [-0.2, 0) is 6.42 Å². The third-order valence-electron chi connectivity index (χ3n) is 3.44. The van der Waals surface area contributed by atoms with Gasteiger partial charge in [-0.05, 0) is 30.5 Å². The van der Waals surface area contributed by atoms with Gasteiger partial charge in [0.1, 0.15) is 0 Å². The monoisotopic (exact) mass is 318 g/mol. The maximum Gasteiger partial charge on any atom is 0.393 e. The number of alkyl halides is 3. The van der Waals surface area contributed by atoms with E-state index in [1.807, 2.05) is 13.8 Å². The predicted octanol–water partition coefficient (Wildman–Crippen LogP) is 3.32. The van der Waals surface area contributed by atoms with Crippen LogP contribution in [0.4, 0.5) is 23.7 Å². The van der Waals surface area contributed by atoms with Gasteiger partial charge >= 0.3 is 12.2 Å². The number of halogens is 3. The molecule has 7 heteroatoms. The normalized spacial score (nSPS) is 14.5. The van der Waals surface area contributed by atoms with Gasteiger partial charge in [-0.1, -0.05) is 26.0 Å². The molecule has 0 aliphatic heterocycles. The van der Waals surface area contributed by atoms with Crippen LogP contribution in [0, 0.1) is 5.92 Å². The molecule has 1 aromatic rings. The minimum atomic E-state index is -4.29. The van der Waals surface area contributed by atoms with Crippen LogP contribution in [0.25, 0.3) is 0 Å². The molecule has 22 heavy (non-hydrogen) atoms. The van der Waals surface area contributed by atoms with E-state index in [1.54, 1.807) is 6.92 Å². The summed E-state index contributed by atoms with van der Waals surface area (Å²) in [5, 5.41) is 15.0. The van der Waals surface area contributed by atoms with Gasteiger partial charge in [-0.15, -0.1) is 0 Å². The first-order valence-corrected chi connectivity index (χ1v) is 6.92. The highest BCUT2D eigenvalue weighted by atomic mass is 19.4. The molecule has 0 radical (unpaired) electrons. The molecule has 4 nitrogen and oxygen atoms in total. The summed E-state index contributed by atoms with van der Waals surface area (Å²) in [5.41, 5.74) is -0.724. The second-order valence-electron chi connectivity index (χ2n) is 5.81. The lowest BCUT2D eigenvalue weighted by Gasteiger charge is -2.27. The van der Waals surface area contributed by atoms with Crippen LogP contribution in [0.5, 0.6) is 0 Å². The highest BCUT2D eigenvalue weighted by Gasteiger charge is 2.28. The lowest BCUT2D eigenvalue weighted by atomic mass is 9.93. The minimum absolute atomic E-state index is 0.0404. The van der Waals surface area contributed by atoms with Gasteiger partial charge in [-0.3, -0.25) is 0 Å². The second kappa shape index (κ2) is 7.00. The average molecular weight is 318 g/mol. The summed E-state index contributed by atoms with van der Waals surface area (Å²) < 4.78 is 37.0. The molecule has 2 amide bonds. The van der Waals surface area contributed by atoms with Gasteiger partial charge in [0.15, 0.2) is 0 Å². The summed E-state index contributed by atoms with van der Waals surface area (Å²) in [6.45, 7) is 5.28. The number of aliphatic hydroxyl groups is 1. The van der Waals surface area contributed by atoms with Gasteiger partial charge in [0, 0.05) is 12.2 Å². The number of anilines is 1. The van der Waals surface area contributed by atoms with Crippen LogP contribution < -0.4 is 10.6 Å². The number of rotatable bonds is 5. The molecule has 0 saturated heterocycles. The Morgan fingerprint density at radius 2 is 1.95 bits per heavy atom. The molecule has 1 rings (SSSR count). The van der Waals surface area contributed by atoms with Gasteiger partial charge in [0.25, 0.3) is 0 Å². The van der Waals surface area contributed by atoms with Crippen molar-refractivity contribution in [3.8, 4) is 0 Å². The molecular weight excluding hydrogens is 297 g/mol. The van der Waals surface area contributed by atoms with Gasteiger partial charge in [-0.25, -0.2) is 4.79 Å². The molecule has 0 aromatic heterocycles. The zero-order valence-electron chi connectivity index (χ0n) is 12.8. The lowest BCUT2D eigenvalue weighted by Crippen LogP contribution is -2.45. The average Bonchev–Trinajstić information content (AvgIpc) is 2.34. The second-order valence-corrected chi connectivity index (χ2v) is 5.81. The maximum atomic E-state index is 12.3. The Morgan fingerprint density at radius 3 is 2.50 bits per heavy atom. The van der Waals surface area contributed by atoms with Crippen molar-refractivity contribution in [3.63, 3.8) is 0 Å². The largest absolute Gasteiger partial charge is 0.393 e. The summed E-state index contributed by atoms with van der Waals surface area (Å²) in [4.78, 5) is 11.7. The van der Waals surface area contributed by atoms with Gasteiger partial charge < -0.3 is 15.7 Å². The van der Waals surface area contributed by atoms with E-state index in [0.717, 1.165) is 0 Å².